The Labute approximate surface area is 163 Å². The second-order valence-electron chi connectivity index (χ2n) is 7.08. The van der Waals surface area contributed by atoms with E-state index in [0.29, 0.717) is 24.3 Å². The highest BCUT2D eigenvalue weighted by Gasteiger charge is 2.35. The molecule has 10 nitrogen and oxygen atoms in total. The van der Waals surface area contributed by atoms with E-state index in [-0.39, 0.29) is 25.4 Å². The average molecular weight is 397 g/mol. The van der Waals surface area contributed by atoms with Gasteiger partial charge in [0.2, 0.25) is 0 Å². The molecule has 1 unspecified atom stereocenters. The SMILES string of the molecule is Cc1cn([C@H]2C[C@H](O)[C@@H](CO)O2)c(=O)nc1NC(CN)C(=O)CCCCCN. The topological polar surface area (TPSA) is 166 Å². The molecule has 1 aromatic rings. The zero-order valence-corrected chi connectivity index (χ0v) is 16.2. The smallest absolute Gasteiger partial charge is 0.351 e. The summed E-state index contributed by atoms with van der Waals surface area (Å²) in [4.78, 5) is 28.8. The number of aliphatic hydroxyl groups excluding tert-OH is 2. The zero-order chi connectivity index (χ0) is 20.7. The van der Waals surface area contributed by atoms with E-state index in [1.54, 1.807) is 13.1 Å². The van der Waals surface area contributed by atoms with Gasteiger partial charge >= 0.3 is 5.69 Å². The Hall–Kier alpha value is -1.85. The van der Waals surface area contributed by atoms with Crippen molar-refractivity contribution >= 4 is 11.6 Å². The van der Waals surface area contributed by atoms with Crippen LogP contribution in [0.1, 0.15) is 43.9 Å². The monoisotopic (exact) mass is 397 g/mol. The van der Waals surface area contributed by atoms with E-state index in [4.69, 9.17) is 16.2 Å². The quantitative estimate of drug-likeness (QED) is 0.295. The van der Waals surface area contributed by atoms with Gasteiger partial charge in [0.1, 0.15) is 18.1 Å². The van der Waals surface area contributed by atoms with Crippen LogP contribution in [0.3, 0.4) is 0 Å². The van der Waals surface area contributed by atoms with E-state index in [1.807, 2.05) is 0 Å². The molecule has 1 aliphatic rings. The lowest BCUT2D eigenvalue weighted by molar-refractivity contribution is -0.119. The summed E-state index contributed by atoms with van der Waals surface area (Å²) in [5.74, 6) is 0.266. The number of unbranched alkanes of at least 4 members (excludes halogenated alkanes) is 2. The fourth-order valence-electron chi connectivity index (χ4n) is 3.20. The highest BCUT2D eigenvalue weighted by atomic mass is 16.5. The third-order valence-corrected chi connectivity index (χ3v) is 4.89. The van der Waals surface area contributed by atoms with E-state index in [1.165, 1.54) is 4.57 Å². The summed E-state index contributed by atoms with van der Waals surface area (Å²) in [5, 5.41) is 22.0. The van der Waals surface area contributed by atoms with Crippen molar-refractivity contribution in [3.8, 4) is 0 Å². The van der Waals surface area contributed by atoms with Crippen molar-refractivity contribution in [1.82, 2.24) is 9.55 Å². The molecule has 10 heteroatoms. The van der Waals surface area contributed by atoms with E-state index in [2.05, 4.69) is 10.3 Å². The Morgan fingerprint density at radius 1 is 1.43 bits per heavy atom. The largest absolute Gasteiger partial charge is 0.394 e. The van der Waals surface area contributed by atoms with Crippen molar-refractivity contribution in [2.45, 2.75) is 63.5 Å². The van der Waals surface area contributed by atoms with Gasteiger partial charge in [0.25, 0.3) is 0 Å². The second kappa shape index (κ2) is 10.6. The fourth-order valence-corrected chi connectivity index (χ4v) is 3.20. The van der Waals surface area contributed by atoms with Gasteiger partial charge in [-0.15, -0.1) is 0 Å². The molecule has 1 fully saturated rings. The zero-order valence-electron chi connectivity index (χ0n) is 16.2. The summed E-state index contributed by atoms with van der Waals surface area (Å²) in [6.45, 7) is 2.12. The number of anilines is 1. The van der Waals surface area contributed by atoms with E-state index >= 15 is 0 Å². The first-order valence-corrected chi connectivity index (χ1v) is 9.64. The number of nitrogens with two attached hydrogens (primary N) is 2. The molecule has 158 valence electrons. The van der Waals surface area contributed by atoms with Crippen molar-refractivity contribution in [2.75, 3.05) is 25.0 Å². The number of ketones is 1. The molecule has 0 aromatic carbocycles. The highest BCUT2D eigenvalue weighted by Crippen LogP contribution is 2.28. The van der Waals surface area contributed by atoms with Crippen LogP contribution < -0.4 is 22.5 Å². The summed E-state index contributed by atoms with van der Waals surface area (Å²) >= 11 is 0. The maximum absolute atomic E-state index is 12.4. The van der Waals surface area contributed by atoms with Gasteiger partial charge in [0.15, 0.2) is 5.78 Å². The van der Waals surface area contributed by atoms with Crippen molar-refractivity contribution in [2.24, 2.45) is 11.5 Å². The van der Waals surface area contributed by atoms with Crippen molar-refractivity contribution in [3.63, 3.8) is 0 Å². The van der Waals surface area contributed by atoms with Gasteiger partial charge in [-0.2, -0.15) is 4.98 Å². The minimum Gasteiger partial charge on any atom is -0.394 e. The van der Waals surface area contributed by atoms with Crippen LogP contribution in [-0.2, 0) is 9.53 Å². The van der Waals surface area contributed by atoms with Crippen LogP contribution in [-0.4, -0.2) is 63.5 Å². The first-order valence-electron chi connectivity index (χ1n) is 9.64. The Morgan fingerprint density at radius 3 is 2.79 bits per heavy atom. The average Bonchev–Trinajstić information content (AvgIpc) is 3.05. The lowest BCUT2D eigenvalue weighted by Gasteiger charge is -2.20. The molecule has 7 N–H and O–H groups in total. The van der Waals surface area contributed by atoms with Crippen LogP contribution >= 0.6 is 0 Å². The number of nitrogens with one attached hydrogen (secondary N) is 1. The molecule has 2 rings (SSSR count). The molecule has 1 aliphatic heterocycles. The number of aliphatic hydroxyl groups is 2. The van der Waals surface area contributed by atoms with Gasteiger partial charge in [-0.05, 0) is 26.3 Å². The van der Waals surface area contributed by atoms with Crippen LogP contribution in [0.5, 0.6) is 0 Å². The number of ether oxygens (including phenoxy) is 1. The van der Waals surface area contributed by atoms with Crippen LogP contribution in [0.2, 0.25) is 0 Å². The predicted molar refractivity (Wildman–Crippen MR) is 104 cm³/mol. The van der Waals surface area contributed by atoms with Gasteiger partial charge < -0.3 is 31.7 Å². The van der Waals surface area contributed by atoms with Crippen molar-refractivity contribution < 1.29 is 19.7 Å². The molecular weight excluding hydrogens is 366 g/mol. The molecule has 0 amide bonds. The van der Waals surface area contributed by atoms with Gasteiger partial charge in [-0.1, -0.05) is 6.42 Å². The minimum atomic E-state index is -0.849. The molecule has 1 saturated heterocycles. The number of nitrogens with zero attached hydrogens (tertiary/aromatic N) is 2. The van der Waals surface area contributed by atoms with E-state index in [0.717, 1.165) is 19.3 Å². The minimum absolute atomic E-state index is 0.0297. The highest BCUT2D eigenvalue weighted by molar-refractivity contribution is 5.86. The van der Waals surface area contributed by atoms with Crippen LogP contribution in [0, 0.1) is 6.92 Å². The number of aryl methyl sites for hydroxylation is 1. The maximum Gasteiger partial charge on any atom is 0.351 e. The fraction of sp³-hybridized carbons (Fsp3) is 0.722. The molecular formula is C18H31N5O5. The first-order chi connectivity index (χ1) is 13.4. The Kier molecular flexibility index (Phi) is 8.52. The summed E-state index contributed by atoms with van der Waals surface area (Å²) < 4.78 is 6.79. The second-order valence-corrected chi connectivity index (χ2v) is 7.08. The molecule has 1 aromatic heterocycles. The summed E-state index contributed by atoms with van der Waals surface area (Å²) in [7, 11) is 0. The summed E-state index contributed by atoms with van der Waals surface area (Å²) in [6, 6.07) is -0.623. The predicted octanol–water partition coefficient (Wildman–Crippen LogP) is -0.980. The number of hydrogen-bond acceptors (Lipinski definition) is 9. The number of carbonyl (C=O) groups is 1. The molecule has 0 spiro atoms. The third kappa shape index (κ3) is 5.58. The van der Waals surface area contributed by atoms with Crippen LogP contribution in [0.15, 0.2) is 11.0 Å². The lowest BCUT2D eigenvalue weighted by Crippen LogP contribution is -2.38. The normalized spacial score (nSPS) is 23.0. The van der Waals surface area contributed by atoms with E-state index in [9.17, 15) is 19.8 Å². The molecule has 0 bridgehead atoms. The van der Waals surface area contributed by atoms with Crippen molar-refractivity contribution in [3.05, 3.63) is 22.2 Å². The Balaban J connectivity index is 2.07. The number of rotatable bonds is 11. The Morgan fingerprint density at radius 2 is 2.18 bits per heavy atom. The van der Waals surface area contributed by atoms with Crippen molar-refractivity contribution in [1.29, 1.82) is 0 Å². The van der Waals surface area contributed by atoms with Crippen LogP contribution in [0.25, 0.3) is 0 Å². The molecule has 0 aliphatic carbocycles. The molecule has 0 radical (unpaired) electrons. The maximum atomic E-state index is 12.4. The molecule has 0 saturated carbocycles. The lowest BCUT2D eigenvalue weighted by atomic mass is 10.1. The first kappa shape index (κ1) is 22.4. The number of carbonyl (C=O) groups excluding carboxylic acids is 1. The van der Waals surface area contributed by atoms with E-state index < -0.39 is 30.2 Å². The molecule has 28 heavy (non-hydrogen) atoms. The van der Waals surface area contributed by atoms with Gasteiger partial charge in [-0.3, -0.25) is 9.36 Å². The van der Waals surface area contributed by atoms with Crippen LogP contribution in [0.4, 0.5) is 5.82 Å². The summed E-state index contributed by atoms with van der Waals surface area (Å²) in [6.07, 6.45) is 2.37. The molecule has 4 atom stereocenters. The van der Waals surface area contributed by atoms with Gasteiger partial charge in [-0.25, -0.2) is 4.79 Å². The number of Topliss-reactive ketones (excluding diaryl/α,β-unsaturated/α-hetero) is 1. The number of hydrogen-bond donors (Lipinski definition) is 5. The van der Waals surface area contributed by atoms with Gasteiger partial charge in [0.05, 0.1) is 18.8 Å². The van der Waals surface area contributed by atoms with Gasteiger partial charge in [0, 0.05) is 31.1 Å². The third-order valence-electron chi connectivity index (χ3n) is 4.89. The molecule has 2 heterocycles. The summed E-state index contributed by atoms with van der Waals surface area (Å²) in [5.41, 5.74) is 11.2. The Bertz CT molecular complexity index is 710. The standard InChI is InChI=1S/C18H31N5O5/c1-11-9-23(16-7-14(26)15(10-24)28-16)18(27)22-17(11)21-12(8-20)13(25)5-3-2-4-6-19/h9,12,14-16,24,26H,2-8,10,19-20H2,1H3,(H,21,22,27)/t12?,14-,15+,16+/m0/s1. The number of aromatic nitrogens is 2.